The highest BCUT2D eigenvalue weighted by Gasteiger charge is 2.21. The highest BCUT2D eigenvalue weighted by atomic mass is 16.5. The SMILES string of the molecule is CCNC(=NCC(O)(CC)CC)NCCCc1ccc(OC)c(OCC)c1. The maximum atomic E-state index is 10.4. The predicted molar refractivity (Wildman–Crippen MR) is 112 cm³/mol. The molecule has 0 aliphatic rings. The van der Waals surface area contributed by atoms with Gasteiger partial charge >= 0.3 is 0 Å². The number of aryl methyl sites for hydroxylation is 1. The van der Waals surface area contributed by atoms with Crippen molar-refractivity contribution in [1.29, 1.82) is 0 Å². The molecule has 3 N–H and O–H groups in total. The summed E-state index contributed by atoms with van der Waals surface area (Å²) in [6.07, 6.45) is 3.30. The summed E-state index contributed by atoms with van der Waals surface area (Å²) in [7, 11) is 1.65. The van der Waals surface area contributed by atoms with Gasteiger partial charge in [-0.1, -0.05) is 19.9 Å². The van der Waals surface area contributed by atoms with Gasteiger partial charge in [-0.2, -0.15) is 0 Å². The Morgan fingerprint density at radius 2 is 1.85 bits per heavy atom. The summed E-state index contributed by atoms with van der Waals surface area (Å²) < 4.78 is 11.0. The molecule has 0 heterocycles. The molecule has 0 fully saturated rings. The number of nitrogens with zero attached hydrogens (tertiary/aromatic N) is 1. The summed E-state index contributed by atoms with van der Waals surface area (Å²) in [4.78, 5) is 4.54. The van der Waals surface area contributed by atoms with Crippen LogP contribution in [0.15, 0.2) is 23.2 Å². The maximum Gasteiger partial charge on any atom is 0.191 e. The highest BCUT2D eigenvalue weighted by molar-refractivity contribution is 5.79. The fraction of sp³-hybridized carbons (Fsp3) is 0.667. The molecule has 0 aromatic heterocycles. The minimum atomic E-state index is -0.721. The third-order valence-electron chi connectivity index (χ3n) is 4.65. The van der Waals surface area contributed by atoms with Crippen LogP contribution in [0.3, 0.4) is 0 Å². The molecule has 0 aliphatic carbocycles. The zero-order valence-electron chi connectivity index (χ0n) is 17.6. The Kier molecular flexibility index (Phi) is 10.6. The first-order valence-corrected chi connectivity index (χ1v) is 10.1. The van der Waals surface area contributed by atoms with Crippen LogP contribution in [0.2, 0.25) is 0 Å². The normalized spacial score (nSPS) is 12.0. The standard InChI is InChI=1S/C21H37N3O3/c1-6-21(25,7-2)16-24-20(22-8-3)23-14-10-11-17-12-13-18(26-5)19(15-17)27-9-4/h12-13,15,25H,6-11,14,16H2,1-5H3,(H2,22,23,24). The minimum absolute atomic E-state index is 0.408. The molecule has 1 aromatic carbocycles. The monoisotopic (exact) mass is 379 g/mol. The number of rotatable bonds is 12. The van der Waals surface area contributed by atoms with E-state index in [0.29, 0.717) is 26.0 Å². The van der Waals surface area contributed by atoms with E-state index in [-0.39, 0.29) is 0 Å². The number of aliphatic hydroxyl groups is 1. The van der Waals surface area contributed by atoms with Crippen molar-refractivity contribution in [2.75, 3.05) is 33.4 Å². The van der Waals surface area contributed by atoms with Gasteiger partial charge in [0.25, 0.3) is 0 Å². The number of hydrogen-bond acceptors (Lipinski definition) is 4. The molecule has 0 spiro atoms. The van der Waals surface area contributed by atoms with Crippen LogP contribution in [-0.2, 0) is 6.42 Å². The number of ether oxygens (including phenoxy) is 2. The second kappa shape index (κ2) is 12.4. The lowest BCUT2D eigenvalue weighted by Gasteiger charge is -2.23. The Hall–Kier alpha value is -1.95. The van der Waals surface area contributed by atoms with E-state index in [9.17, 15) is 5.11 Å². The van der Waals surface area contributed by atoms with Crippen LogP contribution in [0.1, 0.15) is 52.5 Å². The van der Waals surface area contributed by atoms with Crippen LogP contribution >= 0.6 is 0 Å². The zero-order valence-corrected chi connectivity index (χ0v) is 17.6. The van der Waals surface area contributed by atoms with Gasteiger partial charge in [0, 0.05) is 13.1 Å². The number of guanidine groups is 1. The molecule has 6 heteroatoms. The largest absolute Gasteiger partial charge is 0.493 e. The van der Waals surface area contributed by atoms with Gasteiger partial charge in [-0.05, 0) is 57.2 Å². The third kappa shape index (κ3) is 8.08. The first-order valence-electron chi connectivity index (χ1n) is 10.1. The third-order valence-corrected chi connectivity index (χ3v) is 4.65. The van der Waals surface area contributed by atoms with Crippen molar-refractivity contribution in [2.45, 2.75) is 59.0 Å². The van der Waals surface area contributed by atoms with Crippen LogP contribution in [0, 0.1) is 0 Å². The lowest BCUT2D eigenvalue weighted by molar-refractivity contribution is 0.0418. The molecular formula is C21H37N3O3. The average molecular weight is 380 g/mol. The number of methoxy groups -OCH3 is 1. The van der Waals surface area contributed by atoms with Crippen molar-refractivity contribution in [3.05, 3.63) is 23.8 Å². The first kappa shape index (κ1) is 23.1. The molecule has 1 aromatic rings. The Morgan fingerprint density at radius 1 is 1.11 bits per heavy atom. The smallest absolute Gasteiger partial charge is 0.191 e. The molecular weight excluding hydrogens is 342 g/mol. The molecule has 0 saturated heterocycles. The van der Waals surface area contributed by atoms with E-state index < -0.39 is 5.60 Å². The summed E-state index contributed by atoms with van der Waals surface area (Å²) in [5.41, 5.74) is 0.496. The quantitative estimate of drug-likeness (QED) is 0.296. The lowest BCUT2D eigenvalue weighted by atomic mass is 9.98. The van der Waals surface area contributed by atoms with E-state index in [1.54, 1.807) is 7.11 Å². The van der Waals surface area contributed by atoms with Crippen molar-refractivity contribution < 1.29 is 14.6 Å². The summed E-state index contributed by atoms with van der Waals surface area (Å²) >= 11 is 0. The Balaban J connectivity index is 2.55. The van der Waals surface area contributed by atoms with E-state index in [4.69, 9.17) is 9.47 Å². The van der Waals surface area contributed by atoms with Crippen molar-refractivity contribution in [3.8, 4) is 11.5 Å². The molecule has 0 aliphatic heterocycles. The molecule has 0 atom stereocenters. The van der Waals surface area contributed by atoms with E-state index in [0.717, 1.165) is 43.4 Å². The second-order valence-corrected chi connectivity index (χ2v) is 6.58. The number of aliphatic imine (C=N–C) groups is 1. The summed E-state index contributed by atoms with van der Waals surface area (Å²) in [6, 6.07) is 6.07. The van der Waals surface area contributed by atoms with Crippen molar-refractivity contribution in [3.63, 3.8) is 0 Å². The van der Waals surface area contributed by atoms with Crippen LogP contribution < -0.4 is 20.1 Å². The molecule has 0 saturated carbocycles. The molecule has 1 rings (SSSR count). The molecule has 0 amide bonds. The first-order chi connectivity index (χ1) is 13.0. The van der Waals surface area contributed by atoms with Crippen molar-refractivity contribution in [1.82, 2.24) is 10.6 Å². The Bertz CT molecular complexity index is 572. The molecule has 0 bridgehead atoms. The van der Waals surface area contributed by atoms with Gasteiger partial charge in [0.2, 0.25) is 0 Å². The fourth-order valence-electron chi connectivity index (χ4n) is 2.69. The van der Waals surface area contributed by atoms with Gasteiger partial charge in [-0.15, -0.1) is 0 Å². The number of hydrogen-bond donors (Lipinski definition) is 3. The Labute approximate surface area is 164 Å². The molecule has 0 radical (unpaired) electrons. The molecule has 0 unspecified atom stereocenters. The van der Waals surface area contributed by atoms with Gasteiger partial charge in [-0.25, -0.2) is 0 Å². The van der Waals surface area contributed by atoms with Crippen molar-refractivity contribution in [2.24, 2.45) is 4.99 Å². The van der Waals surface area contributed by atoms with E-state index in [1.807, 2.05) is 39.8 Å². The van der Waals surface area contributed by atoms with E-state index in [2.05, 4.69) is 21.7 Å². The van der Waals surface area contributed by atoms with Crippen LogP contribution in [0.5, 0.6) is 11.5 Å². The molecule has 27 heavy (non-hydrogen) atoms. The summed E-state index contributed by atoms with van der Waals surface area (Å²) in [5, 5.41) is 17.0. The van der Waals surface area contributed by atoms with Crippen LogP contribution in [0.4, 0.5) is 0 Å². The Morgan fingerprint density at radius 3 is 2.44 bits per heavy atom. The van der Waals surface area contributed by atoms with Crippen LogP contribution in [-0.4, -0.2) is 50.0 Å². The van der Waals surface area contributed by atoms with Gasteiger partial charge in [0.1, 0.15) is 0 Å². The van der Waals surface area contributed by atoms with Crippen molar-refractivity contribution >= 4 is 5.96 Å². The number of benzene rings is 1. The zero-order chi connectivity index (χ0) is 20.1. The fourth-order valence-corrected chi connectivity index (χ4v) is 2.69. The highest BCUT2D eigenvalue weighted by Crippen LogP contribution is 2.28. The van der Waals surface area contributed by atoms with Gasteiger partial charge < -0.3 is 25.2 Å². The molecule has 154 valence electrons. The summed E-state index contributed by atoms with van der Waals surface area (Å²) in [5.74, 6) is 2.31. The van der Waals surface area contributed by atoms with Crippen LogP contribution in [0.25, 0.3) is 0 Å². The summed E-state index contributed by atoms with van der Waals surface area (Å²) in [6.45, 7) is 10.6. The predicted octanol–water partition coefficient (Wildman–Crippen LogP) is 3.13. The lowest BCUT2D eigenvalue weighted by Crippen LogP contribution is -2.40. The second-order valence-electron chi connectivity index (χ2n) is 6.58. The van der Waals surface area contributed by atoms with E-state index in [1.165, 1.54) is 5.56 Å². The molecule has 6 nitrogen and oxygen atoms in total. The average Bonchev–Trinajstić information content (AvgIpc) is 2.69. The van der Waals surface area contributed by atoms with Gasteiger partial charge in [0.15, 0.2) is 17.5 Å². The van der Waals surface area contributed by atoms with Gasteiger partial charge in [0.05, 0.1) is 25.9 Å². The van der Waals surface area contributed by atoms with Gasteiger partial charge in [-0.3, -0.25) is 4.99 Å². The van der Waals surface area contributed by atoms with E-state index >= 15 is 0 Å². The minimum Gasteiger partial charge on any atom is -0.493 e. The number of nitrogens with one attached hydrogen (secondary N) is 2. The maximum absolute atomic E-state index is 10.4. The topological polar surface area (TPSA) is 75.1 Å².